The monoisotopic (exact) mass is 746 g/mol. The Morgan fingerprint density at radius 1 is 0.588 bits per heavy atom. The number of carbonyl (C=O) groups is 1. The number of phosphoric acid groups is 1. The van der Waals surface area contributed by atoms with E-state index in [1.54, 1.807) is 0 Å². The van der Waals surface area contributed by atoms with Crippen LogP contribution in [0.5, 0.6) is 0 Å². The lowest BCUT2D eigenvalue weighted by Crippen LogP contribution is -2.37. The molecule has 0 amide bonds. The number of quaternary nitrogens is 1. The molecule has 0 aliphatic carbocycles. The number of hydrogen-bond acceptors (Lipinski definition) is 7. The van der Waals surface area contributed by atoms with Gasteiger partial charge in [-0.25, -0.2) is 0 Å². The van der Waals surface area contributed by atoms with Gasteiger partial charge in [-0.2, -0.15) is 0 Å². The van der Waals surface area contributed by atoms with Crippen molar-refractivity contribution >= 4 is 13.8 Å². The Balaban J connectivity index is 4.23. The number of unbranched alkanes of at least 4 members (excludes halogenated alkanes) is 24. The Labute approximate surface area is 316 Å². The number of hydrogen-bond donors (Lipinski definition) is 0. The van der Waals surface area contributed by atoms with E-state index < -0.39 is 13.9 Å². The van der Waals surface area contributed by atoms with Crippen molar-refractivity contribution in [3.8, 4) is 0 Å². The quantitative estimate of drug-likeness (QED) is 0.0203. The van der Waals surface area contributed by atoms with E-state index in [9.17, 15) is 14.3 Å². The molecule has 0 aliphatic rings. The van der Waals surface area contributed by atoms with Crippen molar-refractivity contribution in [2.24, 2.45) is 0 Å². The normalized spacial score (nSPS) is 13.9. The van der Waals surface area contributed by atoms with E-state index in [1.807, 2.05) is 21.1 Å². The minimum Gasteiger partial charge on any atom is -0.756 e. The average molecular weight is 746 g/mol. The third kappa shape index (κ3) is 40.3. The number of ether oxygens (including phenoxy) is 2. The first-order chi connectivity index (χ1) is 24.6. The highest BCUT2D eigenvalue weighted by Crippen LogP contribution is 2.38. The Morgan fingerprint density at radius 2 is 1.02 bits per heavy atom. The summed E-state index contributed by atoms with van der Waals surface area (Å²) in [6.45, 7) is 5.42. The van der Waals surface area contributed by atoms with Crippen molar-refractivity contribution in [3.05, 3.63) is 12.2 Å². The lowest BCUT2D eigenvalue weighted by atomic mass is 10.0. The van der Waals surface area contributed by atoms with Crippen LogP contribution < -0.4 is 4.89 Å². The summed E-state index contributed by atoms with van der Waals surface area (Å²) in [4.78, 5) is 25.0. The molecule has 0 rings (SSSR count). The van der Waals surface area contributed by atoms with Crippen LogP contribution >= 0.6 is 7.82 Å². The van der Waals surface area contributed by atoms with Crippen LogP contribution in [0.1, 0.15) is 194 Å². The second-order valence-corrected chi connectivity index (χ2v) is 17.1. The molecule has 51 heavy (non-hydrogen) atoms. The minimum atomic E-state index is -4.52. The zero-order valence-electron chi connectivity index (χ0n) is 34.3. The van der Waals surface area contributed by atoms with Crippen LogP contribution in [0.25, 0.3) is 0 Å². The van der Waals surface area contributed by atoms with Gasteiger partial charge in [-0.3, -0.25) is 9.36 Å². The van der Waals surface area contributed by atoms with Crippen LogP contribution in [-0.4, -0.2) is 70.7 Å². The molecule has 0 radical (unpaired) electrons. The molecule has 9 heteroatoms. The topological polar surface area (TPSA) is 94.1 Å². The molecule has 0 saturated heterocycles. The highest BCUT2D eigenvalue weighted by Gasteiger charge is 2.20. The second-order valence-electron chi connectivity index (χ2n) is 15.7. The van der Waals surface area contributed by atoms with Gasteiger partial charge in [0.15, 0.2) is 0 Å². The number of phosphoric ester groups is 1. The lowest BCUT2D eigenvalue weighted by molar-refractivity contribution is -0.870. The number of likely N-dealkylation sites (N-methyl/N-ethyl adjacent to an activating group) is 1. The molecule has 0 aromatic carbocycles. The zero-order valence-corrected chi connectivity index (χ0v) is 35.2. The summed E-state index contributed by atoms with van der Waals surface area (Å²) < 4.78 is 34.5. The maximum atomic E-state index is 12.6. The molecule has 2 atom stereocenters. The van der Waals surface area contributed by atoms with Crippen LogP contribution in [-0.2, 0) is 27.9 Å². The molecule has 0 N–H and O–H groups in total. The largest absolute Gasteiger partial charge is 0.756 e. The molecular weight excluding hydrogens is 661 g/mol. The maximum Gasteiger partial charge on any atom is 0.306 e. The van der Waals surface area contributed by atoms with Gasteiger partial charge in [0.25, 0.3) is 7.82 Å². The third-order valence-electron chi connectivity index (χ3n) is 9.32. The summed E-state index contributed by atoms with van der Waals surface area (Å²) >= 11 is 0. The number of allylic oxidation sites excluding steroid dienone is 2. The highest BCUT2D eigenvalue weighted by atomic mass is 31.2. The summed E-state index contributed by atoms with van der Waals surface area (Å²) in [6, 6.07) is 0. The van der Waals surface area contributed by atoms with E-state index in [0.29, 0.717) is 24.1 Å². The minimum absolute atomic E-state index is 0.0280. The van der Waals surface area contributed by atoms with Gasteiger partial charge in [0, 0.05) is 13.0 Å². The second kappa shape index (κ2) is 36.2. The zero-order chi connectivity index (χ0) is 37.7. The van der Waals surface area contributed by atoms with Gasteiger partial charge in [0.05, 0.1) is 34.4 Å². The van der Waals surface area contributed by atoms with Crippen LogP contribution in [0.3, 0.4) is 0 Å². The Hall–Kier alpha value is -0.760. The van der Waals surface area contributed by atoms with Crippen LogP contribution in [0.15, 0.2) is 12.2 Å². The van der Waals surface area contributed by atoms with Gasteiger partial charge in [0.1, 0.15) is 19.3 Å². The molecule has 304 valence electrons. The van der Waals surface area contributed by atoms with Gasteiger partial charge >= 0.3 is 5.97 Å². The Bertz CT molecular complexity index is 833. The van der Waals surface area contributed by atoms with Crippen molar-refractivity contribution in [1.29, 1.82) is 0 Å². The summed E-state index contributed by atoms with van der Waals surface area (Å²) in [5.41, 5.74) is 0. The van der Waals surface area contributed by atoms with Crippen LogP contribution in [0.4, 0.5) is 0 Å². The van der Waals surface area contributed by atoms with E-state index in [0.717, 1.165) is 32.1 Å². The molecule has 2 unspecified atom stereocenters. The van der Waals surface area contributed by atoms with Crippen molar-refractivity contribution in [1.82, 2.24) is 0 Å². The molecule has 0 heterocycles. The molecule has 0 saturated carbocycles. The molecule has 0 spiro atoms. The molecule has 0 aromatic heterocycles. The average Bonchev–Trinajstić information content (AvgIpc) is 3.08. The maximum absolute atomic E-state index is 12.6. The Morgan fingerprint density at radius 3 is 1.49 bits per heavy atom. The van der Waals surface area contributed by atoms with Crippen molar-refractivity contribution in [3.63, 3.8) is 0 Å². The molecule has 0 bridgehead atoms. The molecule has 8 nitrogen and oxygen atoms in total. The van der Waals surface area contributed by atoms with E-state index in [2.05, 4.69) is 26.0 Å². The number of esters is 1. The molecular formula is C42H84NO7P. The van der Waals surface area contributed by atoms with Crippen LogP contribution in [0, 0.1) is 0 Å². The van der Waals surface area contributed by atoms with E-state index in [4.69, 9.17) is 18.5 Å². The molecule has 0 fully saturated rings. The Kier molecular flexibility index (Phi) is 35.7. The molecule has 0 aromatic rings. The van der Waals surface area contributed by atoms with Crippen molar-refractivity contribution < 1.29 is 37.3 Å². The fourth-order valence-electron chi connectivity index (χ4n) is 5.95. The third-order valence-corrected chi connectivity index (χ3v) is 10.3. The van der Waals surface area contributed by atoms with Crippen LogP contribution in [0.2, 0.25) is 0 Å². The summed E-state index contributed by atoms with van der Waals surface area (Å²) in [5.74, 6) is -0.334. The molecule has 0 aliphatic heterocycles. The first-order valence-electron chi connectivity index (χ1n) is 21.4. The number of rotatable bonds is 40. The lowest BCUT2D eigenvalue weighted by Gasteiger charge is -2.28. The standard InChI is InChI=1S/C42H84NO7P/c1-6-8-10-12-14-16-18-20-21-22-24-26-28-30-32-34-37-47-39-41(40-49-51(45,46)48-38-36-43(3,4)5)50-42(44)35-33-31-29-27-25-23-19-17-15-13-11-9-7-2/h20-21,41H,6-19,22-40H2,1-5H3/b21-20-. The number of carbonyl (C=O) groups excluding carboxylic acids is 1. The van der Waals surface area contributed by atoms with Gasteiger partial charge in [-0.15, -0.1) is 0 Å². The first kappa shape index (κ1) is 50.2. The fraction of sp³-hybridized carbons (Fsp3) is 0.929. The van der Waals surface area contributed by atoms with Gasteiger partial charge < -0.3 is 27.9 Å². The van der Waals surface area contributed by atoms with E-state index in [1.165, 1.54) is 141 Å². The first-order valence-corrected chi connectivity index (χ1v) is 22.9. The highest BCUT2D eigenvalue weighted by molar-refractivity contribution is 7.45. The SMILES string of the molecule is CCCCCCCC/C=C\CCCCCCCCOCC(COP(=O)([O-])OCC[N+](C)(C)C)OC(=O)CCCCCCCCCCCCCCC. The van der Waals surface area contributed by atoms with Gasteiger partial charge in [-0.05, 0) is 38.5 Å². The predicted molar refractivity (Wildman–Crippen MR) is 213 cm³/mol. The van der Waals surface area contributed by atoms with Crippen molar-refractivity contribution in [2.45, 2.75) is 200 Å². The van der Waals surface area contributed by atoms with E-state index >= 15 is 0 Å². The predicted octanol–water partition coefficient (Wildman–Crippen LogP) is 11.6. The van der Waals surface area contributed by atoms with Gasteiger partial charge in [0.2, 0.25) is 0 Å². The van der Waals surface area contributed by atoms with Gasteiger partial charge in [-0.1, -0.05) is 161 Å². The fourth-order valence-corrected chi connectivity index (χ4v) is 6.68. The van der Waals surface area contributed by atoms with Crippen molar-refractivity contribution in [2.75, 3.05) is 54.1 Å². The summed E-state index contributed by atoms with van der Waals surface area (Å²) in [6.07, 6.45) is 37.8. The smallest absolute Gasteiger partial charge is 0.306 e. The van der Waals surface area contributed by atoms with E-state index in [-0.39, 0.29) is 25.8 Å². The summed E-state index contributed by atoms with van der Waals surface area (Å²) in [7, 11) is 1.36. The number of nitrogens with zero attached hydrogens (tertiary/aromatic N) is 1. The summed E-state index contributed by atoms with van der Waals surface area (Å²) in [5, 5.41) is 0.